The van der Waals surface area contributed by atoms with Crippen molar-refractivity contribution in [3.8, 4) is 0 Å². The van der Waals surface area contributed by atoms with Crippen LogP contribution >= 0.6 is 0 Å². The molecule has 1 unspecified atom stereocenters. The molecule has 0 saturated carbocycles. The van der Waals surface area contributed by atoms with Gasteiger partial charge >= 0.3 is 0 Å². The molecule has 6 nitrogen and oxygen atoms in total. The van der Waals surface area contributed by atoms with Crippen LogP contribution in [-0.2, 0) is 29.0 Å². The van der Waals surface area contributed by atoms with Crippen LogP contribution in [0.3, 0.4) is 0 Å². The topological polar surface area (TPSA) is 95.7 Å². The molecule has 2 aromatic rings. The number of aliphatic hydroxyl groups excluding tert-OH is 1. The van der Waals surface area contributed by atoms with Crippen molar-refractivity contribution in [1.82, 2.24) is 10.2 Å². The summed E-state index contributed by atoms with van der Waals surface area (Å²) in [6.07, 6.45) is 0.659. The van der Waals surface area contributed by atoms with Gasteiger partial charge in [-0.3, -0.25) is 9.59 Å². The SMILES string of the molecule is NC(CC(=O)N1Cc2ccccc2C[C@H]1C(=O)NCCO)Cc1ccccc1F. The largest absolute Gasteiger partial charge is 0.395 e. The summed E-state index contributed by atoms with van der Waals surface area (Å²) >= 11 is 0. The van der Waals surface area contributed by atoms with E-state index in [0.717, 1.165) is 11.1 Å². The highest BCUT2D eigenvalue weighted by atomic mass is 19.1. The van der Waals surface area contributed by atoms with Gasteiger partial charge in [-0.05, 0) is 29.2 Å². The van der Waals surface area contributed by atoms with E-state index in [4.69, 9.17) is 10.8 Å². The van der Waals surface area contributed by atoms with Crippen LogP contribution in [0.4, 0.5) is 4.39 Å². The van der Waals surface area contributed by atoms with Crippen molar-refractivity contribution in [1.29, 1.82) is 0 Å². The van der Waals surface area contributed by atoms with Crippen LogP contribution in [0.5, 0.6) is 0 Å². The van der Waals surface area contributed by atoms with E-state index >= 15 is 0 Å². The Kier molecular flexibility index (Phi) is 6.95. The third kappa shape index (κ3) is 5.19. The first kappa shape index (κ1) is 21.0. The lowest BCUT2D eigenvalue weighted by molar-refractivity contribution is -0.142. The number of rotatable bonds is 7. The average Bonchev–Trinajstić information content (AvgIpc) is 2.72. The minimum atomic E-state index is -0.662. The quantitative estimate of drug-likeness (QED) is 0.651. The van der Waals surface area contributed by atoms with Crippen molar-refractivity contribution in [3.63, 3.8) is 0 Å². The van der Waals surface area contributed by atoms with Gasteiger partial charge in [0.15, 0.2) is 0 Å². The van der Waals surface area contributed by atoms with Gasteiger partial charge in [0.1, 0.15) is 11.9 Å². The summed E-state index contributed by atoms with van der Waals surface area (Å²) in [6, 6.07) is 12.8. The van der Waals surface area contributed by atoms with Gasteiger partial charge in [0.25, 0.3) is 0 Å². The molecule has 0 saturated heterocycles. The molecule has 3 rings (SSSR count). The number of amides is 2. The van der Waals surface area contributed by atoms with Crippen molar-refractivity contribution in [3.05, 3.63) is 71.0 Å². The predicted octanol–water partition coefficient (Wildman–Crippen LogP) is 1.15. The third-order valence-electron chi connectivity index (χ3n) is 5.16. The lowest BCUT2D eigenvalue weighted by Gasteiger charge is -2.36. The molecule has 2 aromatic carbocycles. The standard InChI is InChI=1S/C22H26FN3O3/c23-19-8-4-3-6-16(19)11-18(24)13-21(28)26-14-17-7-2-1-5-15(17)12-20(26)22(29)25-9-10-27/h1-8,18,20,27H,9-14,24H2,(H,25,29)/t18?,20-/m0/s1. The van der Waals surface area contributed by atoms with Crippen molar-refractivity contribution in [2.75, 3.05) is 13.2 Å². The van der Waals surface area contributed by atoms with Gasteiger partial charge in [0, 0.05) is 32.0 Å². The number of carbonyl (C=O) groups is 2. The van der Waals surface area contributed by atoms with E-state index in [1.54, 1.807) is 18.2 Å². The molecule has 0 bridgehead atoms. The molecular formula is C22H26FN3O3. The second-order valence-corrected chi connectivity index (χ2v) is 7.28. The molecule has 29 heavy (non-hydrogen) atoms. The molecule has 2 amide bonds. The Labute approximate surface area is 169 Å². The number of carbonyl (C=O) groups excluding carboxylic acids is 2. The minimum Gasteiger partial charge on any atom is -0.395 e. The molecule has 0 radical (unpaired) electrons. The van der Waals surface area contributed by atoms with Crippen molar-refractivity contribution >= 4 is 11.8 Å². The maximum absolute atomic E-state index is 13.9. The van der Waals surface area contributed by atoms with Gasteiger partial charge in [-0.15, -0.1) is 0 Å². The maximum atomic E-state index is 13.9. The Bertz CT molecular complexity index is 874. The zero-order valence-corrected chi connectivity index (χ0v) is 16.2. The monoisotopic (exact) mass is 399 g/mol. The Balaban J connectivity index is 1.73. The maximum Gasteiger partial charge on any atom is 0.243 e. The zero-order valence-electron chi connectivity index (χ0n) is 16.2. The van der Waals surface area contributed by atoms with Gasteiger partial charge in [0.2, 0.25) is 11.8 Å². The summed E-state index contributed by atoms with van der Waals surface area (Å²) in [5.41, 5.74) is 8.62. The fourth-order valence-corrected chi connectivity index (χ4v) is 3.68. The van der Waals surface area contributed by atoms with Gasteiger partial charge < -0.3 is 21.1 Å². The number of fused-ring (bicyclic) bond motifs is 1. The molecule has 7 heteroatoms. The second kappa shape index (κ2) is 9.62. The van der Waals surface area contributed by atoms with E-state index < -0.39 is 12.1 Å². The first-order valence-corrected chi connectivity index (χ1v) is 9.73. The summed E-state index contributed by atoms with van der Waals surface area (Å²) in [4.78, 5) is 27.1. The summed E-state index contributed by atoms with van der Waals surface area (Å²) in [6.45, 7) is 0.279. The second-order valence-electron chi connectivity index (χ2n) is 7.28. The van der Waals surface area contributed by atoms with E-state index in [1.807, 2.05) is 24.3 Å². The first-order valence-electron chi connectivity index (χ1n) is 9.73. The highest BCUT2D eigenvalue weighted by Crippen LogP contribution is 2.24. The van der Waals surface area contributed by atoms with Crippen molar-refractivity contribution in [2.24, 2.45) is 5.73 Å². The van der Waals surface area contributed by atoms with Crippen LogP contribution < -0.4 is 11.1 Å². The Morgan fingerprint density at radius 1 is 1.17 bits per heavy atom. The number of benzene rings is 2. The minimum absolute atomic E-state index is 0.0142. The van der Waals surface area contributed by atoms with Crippen molar-refractivity contribution < 1.29 is 19.1 Å². The molecule has 1 aliphatic rings. The smallest absolute Gasteiger partial charge is 0.243 e. The highest BCUT2D eigenvalue weighted by Gasteiger charge is 2.34. The van der Waals surface area contributed by atoms with Crippen LogP contribution in [0, 0.1) is 5.82 Å². The Morgan fingerprint density at radius 2 is 1.86 bits per heavy atom. The summed E-state index contributed by atoms with van der Waals surface area (Å²) in [5.74, 6) is -0.888. The molecule has 0 aliphatic carbocycles. The fraction of sp³-hybridized carbons (Fsp3) is 0.364. The number of halogens is 1. The number of nitrogens with zero attached hydrogens (tertiary/aromatic N) is 1. The lowest BCUT2D eigenvalue weighted by atomic mass is 9.92. The van der Waals surface area contributed by atoms with Gasteiger partial charge in [-0.2, -0.15) is 0 Å². The van der Waals surface area contributed by atoms with Crippen LogP contribution in [0.25, 0.3) is 0 Å². The molecule has 2 atom stereocenters. The summed E-state index contributed by atoms with van der Waals surface area (Å²) < 4.78 is 13.9. The molecule has 0 fully saturated rings. The van der Waals surface area contributed by atoms with E-state index in [2.05, 4.69) is 5.32 Å². The van der Waals surface area contributed by atoms with Crippen LogP contribution in [0.1, 0.15) is 23.1 Å². The third-order valence-corrected chi connectivity index (χ3v) is 5.16. The lowest BCUT2D eigenvalue weighted by Crippen LogP contribution is -2.53. The zero-order chi connectivity index (χ0) is 20.8. The molecule has 0 aromatic heterocycles. The Morgan fingerprint density at radius 3 is 2.59 bits per heavy atom. The molecule has 1 aliphatic heterocycles. The predicted molar refractivity (Wildman–Crippen MR) is 107 cm³/mol. The first-order chi connectivity index (χ1) is 14.0. The summed E-state index contributed by atoms with van der Waals surface area (Å²) in [5, 5.41) is 11.6. The normalized spacial score (nSPS) is 16.8. The van der Waals surface area contributed by atoms with Crippen LogP contribution in [0.2, 0.25) is 0 Å². The van der Waals surface area contributed by atoms with E-state index in [0.29, 0.717) is 18.5 Å². The number of nitrogens with two attached hydrogens (primary N) is 1. The van der Waals surface area contributed by atoms with Gasteiger partial charge in [0.05, 0.1) is 6.61 Å². The number of nitrogens with one attached hydrogen (secondary N) is 1. The van der Waals surface area contributed by atoms with E-state index in [-0.39, 0.29) is 43.6 Å². The van der Waals surface area contributed by atoms with Crippen LogP contribution in [-0.4, -0.2) is 47.1 Å². The molecule has 1 heterocycles. The number of aliphatic hydroxyl groups is 1. The van der Waals surface area contributed by atoms with E-state index in [1.165, 1.54) is 11.0 Å². The molecule has 154 valence electrons. The number of hydrogen-bond acceptors (Lipinski definition) is 4. The highest BCUT2D eigenvalue weighted by molar-refractivity contribution is 5.88. The molecule has 4 N–H and O–H groups in total. The van der Waals surface area contributed by atoms with Gasteiger partial charge in [-0.1, -0.05) is 42.5 Å². The van der Waals surface area contributed by atoms with Crippen molar-refractivity contribution in [2.45, 2.75) is 37.9 Å². The summed E-state index contributed by atoms with van der Waals surface area (Å²) in [7, 11) is 0. The van der Waals surface area contributed by atoms with Gasteiger partial charge in [-0.25, -0.2) is 4.39 Å². The molecule has 0 spiro atoms. The van der Waals surface area contributed by atoms with E-state index in [9.17, 15) is 14.0 Å². The van der Waals surface area contributed by atoms with Crippen LogP contribution in [0.15, 0.2) is 48.5 Å². The molecular weight excluding hydrogens is 373 g/mol. The fourth-order valence-electron chi connectivity index (χ4n) is 3.68. The number of hydrogen-bond donors (Lipinski definition) is 3. The average molecular weight is 399 g/mol. The Hall–Kier alpha value is -2.77.